The van der Waals surface area contributed by atoms with Gasteiger partial charge in [0.15, 0.2) is 5.54 Å². The van der Waals surface area contributed by atoms with Crippen molar-refractivity contribution in [3.8, 4) is 23.4 Å². The Hall–Kier alpha value is -5.05. The molecule has 2 N–H and O–H groups in total. The lowest BCUT2D eigenvalue weighted by Gasteiger charge is -2.53. The van der Waals surface area contributed by atoms with Crippen molar-refractivity contribution in [1.29, 1.82) is 5.26 Å². The fraction of sp³-hybridized carbons (Fsp3) is 0.474. The van der Waals surface area contributed by atoms with Crippen LogP contribution in [0.2, 0.25) is 0 Å². The second kappa shape index (κ2) is 14.9. The maximum atomic E-state index is 15.2. The molecular weight excluding hydrogens is 737 g/mol. The number of nitriles is 1. The number of hydrogen-bond donors (Lipinski definition) is 2. The van der Waals surface area contributed by atoms with Crippen LogP contribution in [0.3, 0.4) is 0 Å². The maximum Gasteiger partial charge on any atom is 0.318 e. The topological polar surface area (TPSA) is 166 Å². The first-order valence-corrected chi connectivity index (χ1v) is 19.7. The number of aromatic nitrogens is 1. The number of carbonyl (C=O) groups excluding carboxylic acids is 2. The van der Waals surface area contributed by atoms with Gasteiger partial charge in [-0.05, 0) is 75.3 Å². The summed E-state index contributed by atoms with van der Waals surface area (Å²) in [6.45, 7) is 3.99. The van der Waals surface area contributed by atoms with Gasteiger partial charge in [-0.15, -0.1) is 0 Å². The first-order chi connectivity index (χ1) is 26.4. The number of nitrogens with zero attached hydrogens (tertiary/aromatic N) is 5. The minimum Gasteiger partial charge on any atom is -0.497 e. The van der Waals surface area contributed by atoms with E-state index in [9.17, 15) is 27.3 Å². The zero-order valence-electron chi connectivity index (χ0n) is 30.8. The molecule has 0 saturated carbocycles. The number of halogens is 2. The molecule has 5 heterocycles. The van der Waals surface area contributed by atoms with Crippen molar-refractivity contribution in [2.45, 2.75) is 61.0 Å². The van der Waals surface area contributed by atoms with Crippen molar-refractivity contribution in [3.63, 3.8) is 0 Å². The molecule has 17 heteroatoms. The third-order valence-electron chi connectivity index (χ3n) is 11.1. The number of nitrogens with one attached hydrogen (secondary N) is 2. The van der Waals surface area contributed by atoms with Crippen LogP contribution < -0.4 is 29.1 Å². The number of methoxy groups -OCH3 is 2. The minimum atomic E-state index is -4.78. The van der Waals surface area contributed by atoms with Crippen LogP contribution in [0.25, 0.3) is 0 Å². The van der Waals surface area contributed by atoms with E-state index in [0.717, 1.165) is 25.9 Å². The summed E-state index contributed by atoms with van der Waals surface area (Å²) in [7, 11) is -2.09. The normalized spacial score (nSPS) is 23.1. The number of likely N-dealkylation sites (tertiary alicyclic amines) is 2. The number of fused-ring (bicyclic) bond motifs is 1. The molecule has 14 nitrogen and oxygen atoms in total. The number of anilines is 1. The van der Waals surface area contributed by atoms with E-state index < -0.39 is 39.5 Å². The van der Waals surface area contributed by atoms with Gasteiger partial charge in [-0.3, -0.25) is 9.69 Å². The Kier molecular flexibility index (Phi) is 10.3. The fourth-order valence-corrected chi connectivity index (χ4v) is 9.94. The van der Waals surface area contributed by atoms with Crippen LogP contribution in [-0.4, -0.2) is 107 Å². The summed E-state index contributed by atoms with van der Waals surface area (Å²) in [4.78, 5) is 37.3. The third-order valence-corrected chi connectivity index (χ3v) is 12.8. The Morgan fingerprint density at radius 1 is 1.09 bits per heavy atom. The van der Waals surface area contributed by atoms with E-state index in [0.29, 0.717) is 10.1 Å². The van der Waals surface area contributed by atoms with Crippen molar-refractivity contribution in [1.82, 2.24) is 25.4 Å². The molecule has 3 fully saturated rings. The van der Waals surface area contributed by atoms with Gasteiger partial charge in [-0.25, -0.2) is 27.0 Å². The number of pyridine rings is 1. The Labute approximate surface area is 318 Å². The SMILES string of the molecule is CCOc1ncccc1[C@]1(NC(=O)N2CC(C3CC(F)(F)CCN3C3CCNCC3)C2)C(=O)N(S(=O)(=O)c2ccc(OC)cc2OC)c2ccc(C#N)cc21. The summed E-state index contributed by atoms with van der Waals surface area (Å²) >= 11 is 0. The van der Waals surface area contributed by atoms with Gasteiger partial charge in [-0.2, -0.15) is 9.57 Å². The number of benzene rings is 2. The summed E-state index contributed by atoms with van der Waals surface area (Å²) in [6, 6.07) is 12.1. The van der Waals surface area contributed by atoms with Gasteiger partial charge in [0.2, 0.25) is 5.88 Å². The standard InChI is InChI=1S/C38H43F2N7O7S/c1-4-54-34-28(6-5-14-43-34)38(44-36(49)45-22-25(23-45)31-20-37(39,40)13-17-46(31)26-11-15-42-16-12-26)29-18-24(21-41)7-9-30(29)47(35(38)48)55(50,51)33-10-8-27(52-2)19-32(33)53-3/h5-10,14,18-19,25-26,31,42H,4,11-13,15-17,20,22-23H2,1-3H3,(H,44,49)/t31?,38-/m1/s1. The summed E-state index contributed by atoms with van der Waals surface area (Å²) in [5.41, 5.74) is -2.26. The van der Waals surface area contributed by atoms with Gasteiger partial charge in [0, 0.05) is 68.3 Å². The molecule has 1 unspecified atom stereocenters. The van der Waals surface area contributed by atoms with Gasteiger partial charge < -0.3 is 29.7 Å². The number of amides is 3. The van der Waals surface area contributed by atoms with Crippen LogP contribution in [-0.2, 0) is 20.4 Å². The van der Waals surface area contributed by atoms with Crippen molar-refractivity contribution in [2.75, 3.05) is 57.9 Å². The smallest absolute Gasteiger partial charge is 0.318 e. The first-order valence-electron chi connectivity index (χ1n) is 18.2. The molecule has 0 radical (unpaired) electrons. The number of hydrogen-bond acceptors (Lipinski definition) is 11. The van der Waals surface area contributed by atoms with Crippen LogP contribution in [0.5, 0.6) is 17.4 Å². The molecule has 292 valence electrons. The molecule has 2 atom stereocenters. The van der Waals surface area contributed by atoms with Gasteiger partial charge in [0.1, 0.15) is 16.4 Å². The highest BCUT2D eigenvalue weighted by atomic mass is 32.2. The quantitative estimate of drug-likeness (QED) is 0.307. The van der Waals surface area contributed by atoms with Crippen molar-refractivity contribution in [2.24, 2.45) is 5.92 Å². The van der Waals surface area contributed by atoms with E-state index in [2.05, 4.69) is 20.5 Å². The Morgan fingerprint density at radius 3 is 2.55 bits per heavy atom. The van der Waals surface area contributed by atoms with Gasteiger partial charge in [0.25, 0.3) is 21.9 Å². The highest BCUT2D eigenvalue weighted by Gasteiger charge is 2.60. The summed E-state index contributed by atoms with van der Waals surface area (Å²) < 4.78 is 76.2. The van der Waals surface area contributed by atoms with E-state index >= 15 is 4.79 Å². The van der Waals surface area contributed by atoms with Gasteiger partial charge in [0.05, 0.1) is 43.7 Å². The lowest BCUT2D eigenvalue weighted by Crippen LogP contribution is -2.66. The van der Waals surface area contributed by atoms with E-state index in [1.54, 1.807) is 6.92 Å². The average Bonchev–Trinajstić information content (AvgIpc) is 3.41. The molecule has 1 aromatic heterocycles. The predicted octanol–water partition coefficient (Wildman–Crippen LogP) is 3.84. The zero-order valence-corrected chi connectivity index (χ0v) is 31.6. The lowest BCUT2D eigenvalue weighted by molar-refractivity contribution is -0.122. The van der Waals surface area contributed by atoms with E-state index in [1.165, 1.54) is 73.8 Å². The molecule has 2 aromatic carbocycles. The number of ether oxygens (including phenoxy) is 3. The average molecular weight is 780 g/mol. The molecule has 3 aromatic rings. The maximum absolute atomic E-state index is 15.2. The number of rotatable bonds is 10. The molecule has 0 spiro atoms. The van der Waals surface area contributed by atoms with Crippen molar-refractivity contribution >= 4 is 27.6 Å². The zero-order chi connectivity index (χ0) is 39.1. The molecular formula is C38H43F2N7O7S. The highest BCUT2D eigenvalue weighted by Crippen LogP contribution is 2.50. The molecule has 55 heavy (non-hydrogen) atoms. The van der Waals surface area contributed by atoms with E-state index in [4.69, 9.17) is 14.2 Å². The molecule has 0 aliphatic carbocycles. The number of urea groups is 1. The van der Waals surface area contributed by atoms with E-state index in [-0.39, 0.29) is 89.9 Å². The lowest BCUT2D eigenvalue weighted by atomic mass is 9.81. The minimum absolute atomic E-state index is 0.00372. The van der Waals surface area contributed by atoms with Crippen LogP contribution in [0.4, 0.5) is 19.3 Å². The van der Waals surface area contributed by atoms with Crippen LogP contribution in [0.1, 0.15) is 49.3 Å². The third kappa shape index (κ3) is 6.70. The van der Waals surface area contributed by atoms with Gasteiger partial charge in [-0.1, -0.05) is 0 Å². The summed E-state index contributed by atoms with van der Waals surface area (Å²) in [5.74, 6) is -3.99. The first kappa shape index (κ1) is 38.2. The fourth-order valence-electron chi connectivity index (χ4n) is 8.34. The Morgan fingerprint density at radius 2 is 1.85 bits per heavy atom. The number of carbonyl (C=O) groups is 2. The second-order valence-corrected chi connectivity index (χ2v) is 15.9. The largest absolute Gasteiger partial charge is 0.497 e. The highest BCUT2D eigenvalue weighted by molar-refractivity contribution is 7.93. The molecule has 0 bridgehead atoms. The Bertz CT molecular complexity index is 2120. The number of alkyl halides is 2. The summed E-state index contributed by atoms with van der Waals surface area (Å²) in [5, 5.41) is 16.2. The van der Waals surface area contributed by atoms with Crippen LogP contribution >= 0.6 is 0 Å². The predicted molar refractivity (Wildman–Crippen MR) is 196 cm³/mol. The van der Waals surface area contributed by atoms with Crippen LogP contribution in [0, 0.1) is 17.2 Å². The monoisotopic (exact) mass is 779 g/mol. The molecule has 3 saturated heterocycles. The number of piperidine rings is 2. The van der Waals surface area contributed by atoms with Crippen molar-refractivity contribution in [3.05, 3.63) is 71.4 Å². The molecule has 4 aliphatic heterocycles. The number of sulfonamides is 1. The molecule has 4 aliphatic rings. The van der Waals surface area contributed by atoms with Crippen molar-refractivity contribution < 1.29 is 41.0 Å². The Balaban J connectivity index is 1.29. The second-order valence-electron chi connectivity index (χ2n) is 14.2. The molecule has 3 amide bonds. The van der Waals surface area contributed by atoms with Crippen LogP contribution in [0.15, 0.2) is 59.6 Å². The molecule has 7 rings (SSSR count). The van der Waals surface area contributed by atoms with E-state index in [1.807, 2.05) is 6.07 Å². The van der Waals surface area contributed by atoms with Gasteiger partial charge >= 0.3 is 6.03 Å². The summed E-state index contributed by atoms with van der Waals surface area (Å²) in [6.07, 6.45) is 2.61.